The van der Waals surface area contributed by atoms with E-state index in [4.69, 9.17) is 17.3 Å². The van der Waals surface area contributed by atoms with E-state index in [0.29, 0.717) is 36.0 Å². The molecule has 12 heteroatoms. The second kappa shape index (κ2) is 12.2. The minimum absolute atomic E-state index is 0.0647. The summed E-state index contributed by atoms with van der Waals surface area (Å²) in [6, 6.07) is 6.11. The fourth-order valence-corrected chi connectivity index (χ4v) is 5.45. The number of amides is 2. The van der Waals surface area contributed by atoms with E-state index in [9.17, 15) is 18.4 Å². The van der Waals surface area contributed by atoms with Gasteiger partial charge in [-0.1, -0.05) is 32.4 Å². The van der Waals surface area contributed by atoms with E-state index in [0.717, 1.165) is 6.07 Å². The number of nitrogens with one attached hydrogen (secondary N) is 3. The predicted octanol–water partition coefficient (Wildman–Crippen LogP) is 4.83. The van der Waals surface area contributed by atoms with Crippen molar-refractivity contribution in [2.24, 2.45) is 17.1 Å². The maximum atomic E-state index is 14.5. The molecule has 0 aliphatic carbocycles. The molecule has 41 heavy (non-hydrogen) atoms. The number of rotatable bonds is 8. The first-order valence-corrected chi connectivity index (χ1v) is 13.9. The Bertz CT molecular complexity index is 1450. The highest BCUT2D eigenvalue weighted by Gasteiger charge is 2.44. The fourth-order valence-electron chi connectivity index (χ4n) is 5.28. The molecule has 3 aromatic rings. The molecule has 1 unspecified atom stereocenters. The van der Waals surface area contributed by atoms with E-state index in [-0.39, 0.29) is 29.4 Å². The molecule has 220 valence electrons. The van der Waals surface area contributed by atoms with Crippen molar-refractivity contribution in [2.45, 2.75) is 58.7 Å². The van der Waals surface area contributed by atoms with Crippen molar-refractivity contribution >= 4 is 51.5 Å². The third-order valence-electron chi connectivity index (χ3n) is 7.65. The van der Waals surface area contributed by atoms with Gasteiger partial charge in [0, 0.05) is 29.7 Å². The van der Waals surface area contributed by atoms with Crippen LogP contribution < -0.4 is 21.7 Å². The number of nitrogens with zero attached hydrogens (tertiary/aromatic N) is 3. The lowest BCUT2D eigenvalue weighted by Crippen LogP contribution is -2.57. The number of anilines is 3. The summed E-state index contributed by atoms with van der Waals surface area (Å²) in [6.45, 7) is 8.36. The second-order valence-corrected chi connectivity index (χ2v) is 11.9. The Hall–Kier alpha value is -3.41. The lowest BCUT2D eigenvalue weighted by atomic mass is 9.73. The number of halogens is 3. The summed E-state index contributed by atoms with van der Waals surface area (Å²) >= 11 is 5.72. The van der Waals surface area contributed by atoms with Gasteiger partial charge in [-0.05, 0) is 62.6 Å². The highest BCUT2D eigenvalue weighted by molar-refractivity contribution is 6.31. The number of benzene rings is 2. The van der Waals surface area contributed by atoms with Crippen molar-refractivity contribution in [3.63, 3.8) is 0 Å². The normalized spacial score (nSPS) is 17.8. The summed E-state index contributed by atoms with van der Waals surface area (Å²) < 4.78 is 28.2. The molecule has 1 aliphatic rings. The lowest BCUT2D eigenvalue weighted by molar-refractivity contribution is -0.144. The van der Waals surface area contributed by atoms with Crippen LogP contribution in [0.3, 0.4) is 0 Å². The van der Waals surface area contributed by atoms with Gasteiger partial charge >= 0.3 is 0 Å². The fraction of sp³-hybridized carbons (Fsp3) is 0.448. The van der Waals surface area contributed by atoms with Crippen molar-refractivity contribution in [3.8, 4) is 0 Å². The van der Waals surface area contributed by atoms with Crippen LogP contribution in [0, 0.1) is 23.0 Å². The molecule has 0 spiro atoms. The molecule has 1 saturated heterocycles. The largest absolute Gasteiger partial charge is 0.337 e. The minimum atomic E-state index is -0.953. The summed E-state index contributed by atoms with van der Waals surface area (Å²) in [5.74, 6) is -2.54. The number of likely N-dealkylation sites (N-methyl/N-ethyl adjacent to an activating group) is 1. The Morgan fingerprint density at radius 3 is 2.59 bits per heavy atom. The molecular weight excluding hydrogens is 552 g/mol. The van der Waals surface area contributed by atoms with Crippen molar-refractivity contribution in [1.82, 2.24) is 20.2 Å². The van der Waals surface area contributed by atoms with E-state index in [1.165, 1.54) is 12.4 Å². The summed E-state index contributed by atoms with van der Waals surface area (Å²) in [6.07, 6.45) is 2.53. The predicted molar refractivity (Wildman–Crippen MR) is 157 cm³/mol. The van der Waals surface area contributed by atoms with Crippen molar-refractivity contribution in [3.05, 3.63) is 53.3 Å². The average Bonchev–Trinajstić information content (AvgIpc) is 3.43. The number of carbonyl (C=O) groups excluding carboxylic acids is 2. The quantitative estimate of drug-likeness (QED) is 0.278. The van der Waals surface area contributed by atoms with E-state index < -0.39 is 40.1 Å². The minimum Gasteiger partial charge on any atom is -0.337 e. The first-order chi connectivity index (χ1) is 19.3. The Labute approximate surface area is 243 Å². The topological polar surface area (TPSA) is 125 Å². The molecule has 9 nitrogen and oxygen atoms in total. The Balaban J connectivity index is 1.57. The SMILES string of the molecule is CN[C@@H](C)C(N)[C@@H](C(=O)N1CCC[C@H]1C(=O)Nc1ccc2ncnc(Nc3ccc(F)c(Cl)c3F)c2c1)C(C)(C)C. The van der Waals surface area contributed by atoms with Gasteiger partial charge in [0.1, 0.15) is 29.0 Å². The van der Waals surface area contributed by atoms with Crippen LogP contribution in [0.25, 0.3) is 10.9 Å². The second-order valence-electron chi connectivity index (χ2n) is 11.5. The third-order valence-corrected chi connectivity index (χ3v) is 7.99. The molecule has 1 aliphatic heterocycles. The number of hydrogen-bond acceptors (Lipinski definition) is 7. The van der Waals surface area contributed by atoms with Crippen LogP contribution in [0.15, 0.2) is 36.7 Å². The van der Waals surface area contributed by atoms with Crippen molar-refractivity contribution in [1.29, 1.82) is 0 Å². The molecule has 2 aromatic carbocycles. The Kier molecular flexibility index (Phi) is 9.10. The maximum Gasteiger partial charge on any atom is 0.247 e. The van der Waals surface area contributed by atoms with Gasteiger partial charge in [0.05, 0.1) is 17.1 Å². The van der Waals surface area contributed by atoms with Crippen LogP contribution >= 0.6 is 11.6 Å². The summed E-state index contributed by atoms with van der Waals surface area (Å²) in [5, 5.41) is 8.74. The number of nitrogens with two attached hydrogens (primary N) is 1. The smallest absolute Gasteiger partial charge is 0.247 e. The van der Waals surface area contributed by atoms with Crippen LogP contribution in [0.4, 0.5) is 26.0 Å². The summed E-state index contributed by atoms with van der Waals surface area (Å²) in [7, 11) is 1.81. The van der Waals surface area contributed by atoms with Gasteiger partial charge in [0.25, 0.3) is 0 Å². The number of likely N-dealkylation sites (tertiary alicyclic amines) is 1. The van der Waals surface area contributed by atoms with Crippen LogP contribution in [0.2, 0.25) is 5.02 Å². The third kappa shape index (κ3) is 6.42. The van der Waals surface area contributed by atoms with Crippen LogP contribution in [0.5, 0.6) is 0 Å². The van der Waals surface area contributed by atoms with Gasteiger partial charge in [-0.15, -0.1) is 0 Å². The number of aromatic nitrogens is 2. The van der Waals surface area contributed by atoms with E-state index >= 15 is 0 Å². The zero-order chi connectivity index (χ0) is 30.1. The first-order valence-electron chi connectivity index (χ1n) is 13.5. The standard InChI is InChI=1S/C29H36ClF2N7O2/c1-15(34-5)25(33)22(29(2,3)4)28(41)39-12-6-7-21(39)27(40)37-16-8-10-19-17(13-16)26(36-14-35-19)38-20-11-9-18(31)23(30)24(20)32/h8-11,13-15,21-22,25,34H,6-7,12,33H2,1-5H3,(H,37,40)(H,35,36,38)/t15-,21-,22-,25?/m0/s1. The molecule has 1 fully saturated rings. The van der Waals surface area contributed by atoms with Crippen molar-refractivity contribution in [2.75, 3.05) is 24.2 Å². The zero-order valence-corrected chi connectivity index (χ0v) is 24.5. The van der Waals surface area contributed by atoms with Crippen LogP contribution in [-0.4, -0.2) is 58.4 Å². The molecule has 0 radical (unpaired) electrons. The number of hydrogen-bond donors (Lipinski definition) is 4. The molecule has 2 amide bonds. The van der Waals surface area contributed by atoms with Crippen molar-refractivity contribution < 1.29 is 18.4 Å². The Morgan fingerprint density at radius 2 is 1.90 bits per heavy atom. The molecular formula is C29H36ClF2N7O2. The molecule has 4 atom stereocenters. The monoisotopic (exact) mass is 587 g/mol. The van der Waals surface area contributed by atoms with Crippen LogP contribution in [0.1, 0.15) is 40.5 Å². The summed E-state index contributed by atoms with van der Waals surface area (Å²) in [5.41, 5.74) is 7.04. The first kappa shape index (κ1) is 30.5. The van der Waals surface area contributed by atoms with Crippen LogP contribution in [-0.2, 0) is 9.59 Å². The lowest BCUT2D eigenvalue weighted by Gasteiger charge is -2.40. The zero-order valence-electron chi connectivity index (χ0n) is 23.8. The number of carbonyl (C=O) groups is 2. The molecule has 1 aromatic heterocycles. The molecule has 0 bridgehead atoms. The molecule has 5 N–H and O–H groups in total. The van der Waals surface area contributed by atoms with E-state index in [1.54, 1.807) is 23.1 Å². The highest BCUT2D eigenvalue weighted by atomic mass is 35.5. The molecule has 0 saturated carbocycles. The van der Waals surface area contributed by atoms with Gasteiger partial charge in [0.2, 0.25) is 11.8 Å². The van der Waals surface area contributed by atoms with Gasteiger partial charge in [-0.25, -0.2) is 18.7 Å². The van der Waals surface area contributed by atoms with E-state index in [2.05, 4.69) is 25.9 Å². The van der Waals surface area contributed by atoms with Gasteiger partial charge in [0.15, 0.2) is 5.82 Å². The van der Waals surface area contributed by atoms with Gasteiger partial charge in [-0.3, -0.25) is 9.59 Å². The molecule has 4 rings (SSSR count). The number of fused-ring (bicyclic) bond motifs is 1. The molecule has 2 heterocycles. The van der Waals surface area contributed by atoms with E-state index in [1.807, 2.05) is 34.7 Å². The highest BCUT2D eigenvalue weighted by Crippen LogP contribution is 2.34. The Morgan fingerprint density at radius 1 is 1.17 bits per heavy atom. The summed E-state index contributed by atoms with van der Waals surface area (Å²) in [4.78, 5) is 37.4. The maximum absolute atomic E-state index is 14.5. The van der Waals surface area contributed by atoms with Gasteiger partial charge in [-0.2, -0.15) is 0 Å². The van der Waals surface area contributed by atoms with Gasteiger partial charge < -0.3 is 26.6 Å². The average molecular weight is 588 g/mol.